The minimum Gasteiger partial charge on any atom is -0.444 e. The van der Waals surface area contributed by atoms with E-state index in [2.05, 4.69) is 37.6 Å². The van der Waals surface area contributed by atoms with Gasteiger partial charge in [0.05, 0.1) is 30.6 Å². The molecule has 0 unspecified atom stereocenters. The number of halogens is 2. The fourth-order valence-corrected chi connectivity index (χ4v) is 9.71. The van der Waals surface area contributed by atoms with Crippen LogP contribution in [0.15, 0.2) is 30.5 Å². The van der Waals surface area contributed by atoms with E-state index in [1.165, 1.54) is 0 Å². The Morgan fingerprint density at radius 1 is 0.982 bits per heavy atom. The van der Waals surface area contributed by atoms with E-state index in [0.29, 0.717) is 88.2 Å². The lowest BCUT2D eigenvalue weighted by Gasteiger charge is -2.51. The molecule has 2 atom stereocenters. The van der Waals surface area contributed by atoms with Crippen molar-refractivity contribution in [2.45, 2.75) is 102 Å². The molecule has 4 aliphatic heterocycles. The second-order valence-corrected chi connectivity index (χ2v) is 17.9. The molecule has 4 fully saturated rings. The van der Waals surface area contributed by atoms with Gasteiger partial charge in [-0.05, 0) is 115 Å². The van der Waals surface area contributed by atoms with E-state index in [9.17, 15) is 9.59 Å². The molecule has 6 heterocycles. The summed E-state index contributed by atoms with van der Waals surface area (Å²) in [4.78, 5) is 38.7. The molecule has 13 nitrogen and oxygen atoms in total. The Hall–Kier alpha value is -4.08. The first kappa shape index (κ1) is 39.7. The molecule has 0 radical (unpaired) electrons. The lowest BCUT2D eigenvalue weighted by atomic mass is 9.68. The first-order chi connectivity index (χ1) is 27.3. The number of methoxy groups -OCH3 is 1. The van der Waals surface area contributed by atoms with Gasteiger partial charge in [-0.15, -0.1) is 5.10 Å². The third-order valence-electron chi connectivity index (χ3n) is 13.3. The van der Waals surface area contributed by atoms with Gasteiger partial charge in [0.1, 0.15) is 5.60 Å². The van der Waals surface area contributed by atoms with Crippen LogP contribution in [0.5, 0.6) is 0 Å². The molecule has 3 aromatic rings. The van der Waals surface area contributed by atoms with E-state index < -0.39 is 16.9 Å². The summed E-state index contributed by atoms with van der Waals surface area (Å²) in [7, 11) is 3.49. The summed E-state index contributed by atoms with van der Waals surface area (Å²) in [5.41, 5.74) is 3.42. The summed E-state index contributed by atoms with van der Waals surface area (Å²) in [5, 5.41) is 11.2. The molecular weight excluding hydrogens is 733 g/mol. The van der Waals surface area contributed by atoms with Crippen molar-refractivity contribution in [1.29, 1.82) is 0 Å². The van der Waals surface area contributed by atoms with Crippen LogP contribution in [0.1, 0.15) is 87.3 Å². The summed E-state index contributed by atoms with van der Waals surface area (Å²) in [6, 6.07) is 8.05. The Labute approximate surface area is 334 Å². The van der Waals surface area contributed by atoms with Gasteiger partial charge in [-0.1, -0.05) is 12.1 Å². The van der Waals surface area contributed by atoms with Gasteiger partial charge < -0.3 is 34.8 Å². The molecule has 8 rings (SSSR count). The third kappa shape index (κ3) is 7.91. The van der Waals surface area contributed by atoms with Crippen LogP contribution in [-0.2, 0) is 22.4 Å². The van der Waals surface area contributed by atoms with E-state index in [1.807, 2.05) is 44.9 Å². The molecule has 0 bridgehead atoms. The zero-order valence-corrected chi connectivity index (χ0v) is 34.2. The number of ether oxygens (including phenoxy) is 2. The second kappa shape index (κ2) is 15.6. The number of carbonyl (C=O) groups is 2. The normalized spacial score (nSPS) is 24.1. The van der Waals surface area contributed by atoms with Crippen LogP contribution >= 0.6 is 0 Å². The Morgan fingerprint density at radius 3 is 2.39 bits per heavy atom. The number of rotatable bonds is 9. The van der Waals surface area contributed by atoms with Crippen molar-refractivity contribution < 1.29 is 27.8 Å². The van der Waals surface area contributed by atoms with E-state index in [0.717, 1.165) is 61.2 Å². The topological polar surface area (TPSA) is 120 Å². The number of imidazole rings is 1. The highest BCUT2D eigenvalue weighted by Gasteiger charge is 2.57. The van der Waals surface area contributed by atoms with Gasteiger partial charge >= 0.3 is 6.09 Å². The number of nitrogens with zero attached hydrogens (tertiary/aromatic N) is 7. The second-order valence-electron chi connectivity index (χ2n) is 17.9. The first-order valence-electron chi connectivity index (χ1n) is 20.9. The quantitative estimate of drug-likeness (QED) is 0.270. The van der Waals surface area contributed by atoms with Crippen molar-refractivity contribution in [1.82, 2.24) is 34.6 Å². The number of hydrogen-bond acceptors (Lipinski definition) is 10. The van der Waals surface area contributed by atoms with Gasteiger partial charge in [-0.2, -0.15) is 0 Å². The highest BCUT2D eigenvalue weighted by atomic mass is 19.3. The smallest absolute Gasteiger partial charge is 0.410 e. The maximum Gasteiger partial charge on any atom is 0.410 e. The molecule has 1 spiro atoms. The largest absolute Gasteiger partial charge is 0.444 e. The molecule has 1 aromatic carbocycles. The van der Waals surface area contributed by atoms with Crippen LogP contribution in [-0.4, -0.2) is 131 Å². The monoisotopic (exact) mass is 791 g/mol. The summed E-state index contributed by atoms with van der Waals surface area (Å²) < 4.78 is 45.2. The number of benzene rings is 1. The number of aromatic nitrogens is 3. The standard InChI is InChI=1S/C42H59F2N9O4/c1-40(2,3)57-39(55)51-17-11-28(12-18-51)25-49-20-14-41(15-21-49)16-22-50(27-42(41,43)44)26-29-7-6-8-33-30(29)13-19-52(33)36-23-32(45-4)37-46-24-34(53(37)48-36)38(54)47-31-9-10-35(31)56-5/h6-8,23-24,28,31,35,45H,9-22,25-27H2,1-5H3,(H,47,54)/t31-,35-/m1/s1. The minimum absolute atomic E-state index is 0.00977. The maximum atomic E-state index is 16.3. The number of anilines is 3. The Balaban J connectivity index is 0.887. The van der Waals surface area contributed by atoms with Crippen molar-refractivity contribution in [2.24, 2.45) is 11.3 Å². The van der Waals surface area contributed by atoms with Crippen LogP contribution in [0.25, 0.3) is 5.65 Å². The van der Waals surface area contributed by atoms with Crippen molar-refractivity contribution in [2.75, 3.05) is 76.7 Å². The number of hydrogen-bond donors (Lipinski definition) is 2. The predicted octanol–water partition coefficient (Wildman–Crippen LogP) is 5.94. The van der Waals surface area contributed by atoms with Crippen LogP contribution in [0.2, 0.25) is 0 Å². The fraction of sp³-hybridized carbons (Fsp3) is 0.667. The molecule has 1 aliphatic carbocycles. The van der Waals surface area contributed by atoms with E-state index in [-0.39, 0.29) is 30.7 Å². The number of nitrogens with one attached hydrogen (secondary N) is 2. The molecule has 1 saturated carbocycles. The average Bonchev–Trinajstić information content (AvgIpc) is 3.81. The third-order valence-corrected chi connectivity index (χ3v) is 13.3. The number of carbonyl (C=O) groups excluding carboxylic acids is 2. The van der Waals surface area contributed by atoms with Gasteiger partial charge in [-0.25, -0.2) is 23.1 Å². The average molecular weight is 792 g/mol. The summed E-state index contributed by atoms with van der Waals surface area (Å²) in [5.74, 6) is -1.88. The molecule has 310 valence electrons. The summed E-state index contributed by atoms with van der Waals surface area (Å²) >= 11 is 0. The van der Waals surface area contributed by atoms with Crippen LogP contribution in [0.3, 0.4) is 0 Å². The van der Waals surface area contributed by atoms with E-state index in [1.54, 1.807) is 22.7 Å². The predicted molar refractivity (Wildman–Crippen MR) is 214 cm³/mol. The van der Waals surface area contributed by atoms with Crippen molar-refractivity contribution in [3.05, 3.63) is 47.3 Å². The van der Waals surface area contributed by atoms with Gasteiger partial charge in [0.2, 0.25) is 0 Å². The molecule has 5 aliphatic rings. The SMILES string of the molecule is CNc1cc(N2CCc3c(CN4CCC5(CCN(CC6CCN(C(=O)OC(C)(C)C)CC6)CC5)C(F)(F)C4)cccc32)nn2c(C(=O)N[C@@H]3CC[C@H]3OC)cnc12. The Kier molecular flexibility index (Phi) is 10.9. The molecule has 15 heteroatoms. The first-order valence-corrected chi connectivity index (χ1v) is 20.9. The lowest BCUT2D eigenvalue weighted by molar-refractivity contribution is -0.189. The molecule has 2 aromatic heterocycles. The number of fused-ring (bicyclic) bond motifs is 2. The van der Waals surface area contributed by atoms with Gasteiger partial charge in [0, 0.05) is 64.0 Å². The van der Waals surface area contributed by atoms with Gasteiger partial charge in [0.15, 0.2) is 17.2 Å². The molecule has 2 amide bonds. The molecule has 57 heavy (non-hydrogen) atoms. The molecule has 2 N–H and O–H groups in total. The number of amides is 2. The highest BCUT2D eigenvalue weighted by Crippen LogP contribution is 2.51. The number of piperidine rings is 3. The summed E-state index contributed by atoms with van der Waals surface area (Å²) in [6.45, 7) is 10.9. The molecular formula is C42H59F2N9O4. The van der Waals surface area contributed by atoms with Crippen molar-refractivity contribution in [3.8, 4) is 0 Å². The number of alkyl halides is 2. The van der Waals surface area contributed by atoms with Gasteiger partial charge in [0.25, 0.3) is 11.8 Å². The highest BCUT2D eigenvalue weighted by molar-refractivity contribution is 5.94. The van der Waals surface area contributed by atoms with Crippen LogP contribution < -0.4 is 15.5 Å². The van der Waals surface area contributed by atoms with Crippen LogP contribution in [0, 0.1) is 11.3 Å². The Bertz CT molecular complexity index is 1950. The molecule has 3 saturated heterocycles. The van der Waals surface area contributed by atoms with Crippen molar-refractivity contribution >= 4 is 34.8 Å². The van der Waals surface area contributed by atoms with E-state index >= 15 is 8.78 Å². The Morgan fingerprint density at radius 2 is 1.72 bits per heavy atom. The zero-order valence-electron chi connectivity index (χ0n) is 34.2. The fourth-order valence-electron chi connectivity index (χ4n) is 9.71. The minimum atomic E-state index is -2.78. The van der Waals surface area contributed by atoms with E-state index in [4.69, 9.17) is 14.6 Å². The van der Waals surface area contributed by atoms with Crippen molar-refractivity contribution in [3.63, 3.8) is 0 Å². The number of likely N-dealkylation sites (tertiary alicyclic amines) is 3. The van der Waals surface area contributed by atoms with Crippen LogP contribution in [0.4, 0.5) is 30.8 Å². The summed E-state index contributed by atoms with van der Waals surface area (Å²) in [6.07, 6.45) is 7.21. The lowest BCUT2D eigenvalue weighted by Crippen LogP contribution is -2.59. The maximum absolute atomic E-state index is 16.3. The van der Waals surface area contributed by atoms with Gasteiger partial charge in [-0.3, -0.25) is 9.69 Å². The zero-order chi connectivity index (χ0) is 40.1.